The maximum Gasteiger partial charge on any atom is 0.334 e. The van der Waals surface area contributed by atoms with Crippen molar-refractivity contribution in [2.24, 2.45) is 0 Å². The van der Waals surface area contributed by atoms with E-state index in [1.165, 1.54) is 12.1 Å². The first-order valence-corrected chi connectivity index (χ1v) is 14.6. The molecule has 0 aliphatic carbocycles. The maximum atomic E-state index is 14.1. The van der Waals surface area contributed by atoms with E-state index in [0.29, 0.717) is 13.0 Å². The number of hydrazine groups is 1. The van der Waals surface area contributed by atoms with Crippen molar-refractivity contribution in [3.63, 3.8) is 0 Å². The molecule has 0 aromatic heterocycles. The smallest absolute Gasteiger partial charge is 0.334 e. The molecule has 4 amide bonds. The van der Waals surface area contributed by atoms with Crippen LogP contribution in [-0.2, 0) is 16.1 Å². The average molecular weight is 572 g/mol. The number of nitrogens with one attached hydrogen (secondary N) is 1. The van der Waals surface area contributed by atoms with Gasteiger partial charge in [-0.05, 0) is 35.2 Å². The van der Waals surface area contributed by atoms with Gasteiger partial charge in [-0.15, -0.1) is 0 Å². The minimum absolute atomic E-state index is 0.00692. The van der Waals surface area contributed by atoms with E-state index in [-0.39, 0.29) is 49.2 Å². The predicted octanol–water partition coefficient (Wildman–Crippen LogP) is 4.59. The van der Waals surface area contributed by atoms with Gasteiger partial charge in [0.15, 0.2) is 0 Å². The summed E-state index contributed by atoms with van der Waals surface area (Å²) in [6.45, 7) is 2.87. The summed E-state index contributed by atoms with van der Waals surface area (Å²) in [7, 11) is 1.71. The van der Waals surface area contributed by atoms with Crippen molar-refractivity contribution in [2.45, 2.75) is 50.9 Å². The standard InChI is InChI=1S/C33H38FN5O3/c1-3-4-15-29-32(41)37(21-28(25-11-7-5-8-12-25)26-13-9-6-10-14-26)22-30-38(29)31(40)23-36(2)39(30)33(42)35-20-24-16-18-27(34)19-17-24/h5-14,16-19,28-30H,3-4,15,20-23H2,1-2H3,(H,35,42)/t29-,30-/m0/s1. The molecule has 1 N–H and O–H groups in total. The fraction of sp³-hybridized carbons (Fsp3) is 0.364. The Balaban J connectivity index is 1.45. The number of rotatable bonds is 9. The lowest BCUT2D eigenvalue weighted by atomic mass is 9.90. The zero-order valence-corrected chi connectivity index (χ0v) is 24.2. The van der Waals surface area contributed by atoms with E-state index in [0.717, 1.165) is 29.5 Å². The Bertz CT molecular complexity index is 1330. The molecule has 3 aromatic rings. The molecule has 2 heterocycles. The van der Waals surface area contributed by atoms with E-state index < -0.39 is 12.2 Å². The Morgan fingerprint density at radius 3 is 2.17 bits per heavy atom. The van der Waals surface area contributed by atoms with E-state index >= 15 is 0 Å². The predicted molar refractivity (Wildman–Crippen MR) is 158 cm³/mol. The highest BCUT2D eigenvalue weighted by Crippen LogP contribution is 2.32. The number of carbonyl (C=O) groups is 3. The normalized spacial score (nSPS) is 19.3. The van der Waals surface area contributed by atoms with Crippen molar-refractivity contribution in [3.05, 3.63) is 107 Å². The zero-order chi connectivity index (χ0) is 29.6. The van der Waals surface area contributed by atoms with E-state index in [9.17, 15) is 18.8 Å². The number of likely N-dealkylation sites (N-methyl/N-ethyl adjacent to an activating group) is 1. The average Bonchev–Trinajstić information content (AvgIpc) is 3.00. The summed E-state index contributed by atoms with van der Waals surface area (Å²) >= 11 is 0. The summed E-state index contributed by atoms with van der Waals surface area (Å²) in [4.78, 5) is 44.6. The fourth-order valence-electron chi connectivity index (χ4n) is 6.00. The molecule has 0 saturated carbocycles. The molecule has 5 rings (SSSR count). The first-order valence-electron chi connectivity index (χ1n) is 14.6. The number of amides is 4. The quantitative estimate of drug-likeness (QED) is 0.408. The molecular formula is C33H38FN5O3. The Morgan fingerprint density at radius 2 is 1.57 bits per heavy atom. The van der Waals surface area contributed by atoms with Gasteiger partial charge < -0.3 is 15.1 Å². The summed E-state index contributed by atoms with van der Waals surface area (Å²) in [5, 5.41) is 6.11. The van der Waals surface area contributed by atoms with Crippen LogP contribution in [0.3, 0.4) is 0 Å². The van der Waals surface area contributed by atoms with Gasteiger partial charge in [-0.25, -0.2) is 19.2 Å². The number of fused-ring (bicyclic) bond motifs is 1. The minimum Gasteiger partial charge on any atom is -0.336 e. The van der Waals surface area contributed by atoms with Crippen molar-refractivity contribution in [1.82, 2.24) is 25.1 Å². The molecular weight excluding hydrogens is 533 g/mol. The molecule has 42 heavy (non-hydrogen) atoms. The van der Waals surface area contributed by atoms with Crippen LogP contribution in [-0.4, -0.2) is 76.6 Å². The van der Waals surface area contributed by atoms with Gasteiger partial charge in [0.05, 0.1) is 13.1 Å². The number of halogens is 1. The number of nitrogens with zero attached hydrogens (tertiary/aromatic N) is 4. The van der Waals surface area contributed by atoms with E-state index in [1.54, 1.807) is 34.1 Å². The van der Waals surface area contributed by atoms with Crippen LogP contribution >= 0.6 is 0 Å². The molecule has 220 valence electrons. The summed E-state index contributed by atoms with van der Waals surface area (Å²) in [5.74, 6) is -0.667. The number of unbranched alkanes of at least 4 members (excludes halogenated alkanes) is 1. The van der Waals surface area contributed by atoms with Crippen LogP contribution < -0.4 is 5.32 Å². The van der Waals surface area contributed by atoms with E-state index in [1.807, 2.05) is 41.3 Å². The Kier molecular flexibility index (Phi) is 9.17. The SMILES string of the molecule is CCCC[C@H]1C(=O)N(CC(c2ccccc2)c2ccccc2)C[C@H]2N1C(=O)CN(C)N2C(=O)NCc1ccc(F)cc1. The van der Waals surface area contributed by atoms with Gasteiger partial charge in [-0.2, -0.15) is 0 Å². The third kappa shape index (κ3) is 6.31. The van der Waals surface area contributed by atoms with E-state index in [4.69, 9.17) is 0 Å². The highest BCUT2D eigenvalue weighted by Gasteiger charge is 2.50. The molecule has 2 aliphatic rings. The van der Waals surface area contributed by atoms with Gasteiger partial charge in [-0.3, -0.25) is 9.59 Å². The Morgan fingerprint density at radius 1 is 0.952 bits per heavy atom. The number of urea groups is 1. The second-order valence-corrected chi connectivity index (χ2v) is 11.0. The van der Waals surface area contributed by atoms with Gasteiger partial charge in [0.2, 0.25) is 11.8 Å². The number of carbonyl (C=O) groups excluding carboxylic acids is 3. The van der Waals surface area contributed by atoms with Crippen molar-refractivity contribution in [3.8, 4) is 0 Å². The Labute approximate surface area is 246 Å². The monoisotopic (exact) mass is 571 g/mol. The van der Waals surface area contributed by atoms with Crippen LogP contribution in [0.15, 0.2) is 84.9 Å². The number of hydrogen-bond acceptors (Lipinski definition) is 4. The lowest BCUT2D eigenvalue weighted by Crippen LogP contribution is -2.76. The summed E-state index contributed by atoms with van der Waals surface area (Å²) in [6, 6.07) is 25.1. The molecule has 0 unspecified atom stereocenters. The zero-order valence-electron chi connectivity index (χ0n) is 24.2. The topological polar surface area (TPSA) is 76.2 Å². The number of piperazine rings is 1. The maximum absolute atomic E-state index is 14.1. The van der Waals surface area contributed by atoms with Crippen LogP contribution in [0.5, 0.6) is 0 Å². The van der Waals surface area contributed by atoms with Gasteiger partial charge in [0, 0.05) is 26.1 Å². The lowest BCUT2D eigenvalue weighted by Gasteiger charge is -2.54. The Hall–Kier alpha value is -4.24. The molecule has 2 atom stereocenters. The lowest BCUT2D eigenvalue weighted by molar-refractivity contribution is -0.187. The fourth-order valence-corrected chi connectivity index (χ4v) is 6.00. The third-order valence-electron chi connectivity index (χ3n) is 8.14. The second kappa shape index (κ2) is 13.2. The first-order chi connectivity index (χ1) is 20.4. The summed E-state index contributed by atoms with van der Waals surface area (Å²) in [5.41, 5.74) is 2.94. The van der Waals surface area contributed by atoms with Gasteiger partial charge >= 0.3 is 6.03 Å². The van der Waals surface area contributed by atoms with E-state index in [2.05, 4.69) is 36.5 Å². The van der Waals surface area contributed by atoms with Crippen LogP contribution in [0.25, 0.3) is 0 Å². The highest BCUT2D eigenvalue weighted by atomic mass is 19.1. The van der Waals surface area contributed by atoms with Crippen LogP contribution in [0.2, 0.25) is 0 Å². The van der Waals surface area contributed by atoms with Gasteiger partial charge in [-0.1, -0.05) is 92.6 Å². The molecule has 0 radical (unpaired) electrons. The number of benzene rings is 3. The number of hydrogen-bond donors (Lipinski definition) is 1. The first kappa shape index (κ1) is 29.3. The van der Waals surface area contributed by atoms with Crippen molar-refractivity contribution >= 4 is 17.8 Å². The van der Waals surface area contributed by atoms with Crippen molar-refractivity contribution in [1.29, 1.82) is 0 Å². The molecule has 2 aliphatic heterocycles. The minimum atomic E-state index is -0.656. The van der Waals surface area contributed by atoms with Crippen LogP contribution in [0.4, 0.5) is 9.18 Å². The third-order valence-corrected chi connectivity index (χ3v) is 8.14. The van der Waals surface area contributed by atoms with Gasteiger partial charge in [0.1, 0.15) is 18.0 Å². The molecule has 8 nitrogen and oxygen atoms in total. The molecule has 2 saturated heterocycles. The molecule has 9 heteroatoms. The molecule has 0 spiro atoms. The molecule has 2 fully saturated rings. The largest absolute Gasteiger partial charge is 0.336 e. The van der Waals surface area contributed by atoms with Crippen molar-refractivity contribution in [2.75, 3.05) is 26.7 Å². The van der Waals surface area contributed by atoms with Crippen molar-refractivity contribution < 1.29 is 18.8 Å². The van der Waals surface area contributed by atoms with Gasteiger partial charge in [0.25, 0.3) is 0 Å². The second-order valence-electron chi connectivity index (χ2n) is 11.0. The molecule has 3 aromatic carbocycles. The highest BCUT2D eigenvalue weighted by molar-refractivity contribution is 5.91. The van der Waals surface area contributed by atoms with Crippen LogP contribution in [0, 0.1) is 5.82 Å². The van der Waals surface area contributed by atoms with Crippen LogP contribution in [0.1, 0.15) is 48.8 Å². The summed E-state index contributed by atoms with van der Waals surface area (Å²) < 4.78 is 13.4. The molecule has 0 bridgehead atoms. The summed E-state index contributed by atoms with van der Waals surface area (Å²) in [6.07, 6.45) is 1.55.